The zero-order valence-corrected chi connectivity index (χ0v) is 16.1. The third kappa shape index (κ3) is 4.54. The van der Waals surface area contributed by atoms with Crippen LogP contribution in [0, 0.1) is 5.92 Å². The van der Waals surface area contributed by atoms with Crippen LogP contribution in [-0.2, 0) is 11.3 Å². The summed E-state index contributed by atoms with van der Waals surface area (Å²) in [6.07, 6.45) is 8.61. The van der Waals surface area contributed by atoms with Crippen LogP contribution < -0.4 is 5.32 Å². The second kappa shape index (κ2) is 8.46. The fourth-order valence-corrected chi connectivity index (χ4v) is 4.68. The fraction of sp³-hybridized carbons (Fsp3) is 0.714. The smallest absolute Gasteiger partial charge is 0.287 e. The molecule has 3 heterocycles. The highest BCUT2D eigenvalue weighted by atomic mass is 16.4. The van der Waals surface area contributed by atoms with E-state index in [4.69, 9.17) is 4.42 Å². The van der Waals surface area contributed by atoms with Crippen molar-refractivity contribution >= 4 is 11.8 Å². The van der Waals surface area contributed by atoms with Crippen molar-refractivity contribution in [1.29, 1.82) is 0 Å². The van der Waals surface area contributed by atoms with Crippen molar-refractivity contribution in [2.24, 2.45) is 5.92 Å². The van der Waals surface area contributed by atoms with Gasteiger partial charge in [-0.15, -0.1) is 0 Å². The van der Waals surface area contributed by atoms with E-state index in [2.05, 4.69) is 10.2 Å². The highest BCUT2D eigenvalue weighted by Crippen LogP contribution is 2.27. The maximum Gasteiger partial charge on any atom is 0.287 e. The van der Waals surface area contributed by atoms with Crippen LogP contribution in [0.3, 0.4) is 0 Å². The maximum absolute atomic E-state index is 12.5. The molecule has 1 aliphatic carbocycles. The average molecular weight is 373 g/mol. The molecule has 1 aromatic rings. The highest BCUT2D eigenvalue weighted by molar-refractivity contribution is 5.91. The van der Waals surface area contributed by atoms with E-state index >= 15 is 0 Å². The van der Waals surface area contributed by atoms with Crippen molar-refractivity contribution < 1.29 is 14.0 Å². The summed E-state index contributed by atoms with van der Waals surface area (Å²) in [7, 11) is 0. The van der Waals surface area contributed by atoms with Gasteiger partial charge in [0.05, 0.1) is 6.54 Å². The van der Waals surface area contributed by atoms with Gasteiger partial charge in [-0.2, -0.15) is 0 Å². The van der Waals surface area contributed by atoms with E-state index in [1.54, 1.807) is 6.07 Å². The number of amides is 2. The zero-order valence-electron chi connectivity index (χ0n) is 16.1. The molecule has 6 nitrogen and oxygen atoms in total. The Balaban J connectivity index is 1.23. The molecule has 3 fully saturated rings. The van der Waals surface area contributed by atoms with Gasteiger partial charge in [-0.25, -0.2) is 0 Å². The predicted octanol–water partition coefficient (Wildman–Crippen LogP) is 2.79. The molecule has 27 heavy (non-hydrogen) atoms. The minimum absolute atomic E-state index is 0.122. The number of rotatable bonds is 5. The van der Waals surface area contributed by atoms with Gasteiger partial charge in [0.1, 0.15) is 5.76 Å². The number of nitrogens with zero attached hydrogens (tertiary/aromatic N) is 2. The molecule has 2 saturated heterocycles. The number of hydrogen-bond acceptors (Lipinski definition) is 4. The Morgan fingerprint density at radius 3 is 2.37 bits per heavy atom. The summed E-state index contributed by atoms with van der Waals surface area (Å²) in [6, 6.07) is 3.81. The number of hydrogen-bond donors (Lipinski definition) is 1. The molecule has 0 atom stereocenters. The molecule has 148 valence electrons. The molecular formula is C21H31N3O3. The highest BCUT2D eigenvalue weighted by Gasteiger charge is 2.30. The van der Waals surface area contributed by atoms with Crippen molar-refractivity contribution in [3.63, 3.8) is 0 Å². The minimum atomic E-state index is -0.136. The zero-order chi connectivity index (χ0) is 18.6. The quantitative estimate of drug-likeness (QED) is 0.862. The number of nitrogens with one attached hydrogen (secondary N) is 1. The third-order valence-electron chi connectivity index (χ3n) is 6.31. The van der Waals surface area contributed by atoms with E-state index in [-0.39, 0.29) is 17.9 Å². The van der Waals surface area contributed by atoms with Gasteiger partial charge in [0.15, 0.2) is 5.76 Å². The Morgan fingerprint density at radius 1 is 0.963 bits per heavy atom. The summed E-state index contributed by atoms with van der Waals surface area (Å²) in [5.41, 5.74) is 0. The van der Waals surface area contributed by atoms with Crippen molar-refractivity contribution in [1.82, 2.24) is 15.1 Å². The van der Waals surface area contributed by atoms with Gasteiger partial charge >= 0.3 is 0 Å². The molecule has 0 spiro atoms. The van der Waals surface area contributed by atoms with E-state index in [0.29, 0.717) is 11.7 Å². The number of likely N-dealkylation sites (tertiary alicyclic amines) is 2. The second-order valence-corrected chi connectivity index (χ2v) is 8.30. The van der Waals surface area contributed by atoms with Crippen molar-refractivity contribution in [3.05, 3.63) is 23.7 Å². The first-order valence-corrected chi connectivity index (χ1v) is 10.6. The Hall–Kier alpha value is -1.82. The lowest BCUT2D eigenvalue weighted by molar-refractivity contribution is -0.136. The lowest BCUT2D eigenvalue weighted by Crippen LogP contribution is -2.47. The molecular weight excluding hydrogens is 342 g/mol. The van der Waals surface area contributed by atoms with Crippen LogP contribution in [0.15, 0.2) is 16.5 Å². The lowest BCUT2D eigenvalue weighted by atomic mass is 10.0. The molecule has 0 unspecified atom stereocenters. The van der Waals surface area contributed by atoms with Gasteiger partial charge in [-0.1, -0.05) is 12.8 Å². The summed E-state index contributed by atoms with van der Waals surface area (Å²) in [5.74, 6) is 1.69. The number of carbonyl (C=O) groups is 2. The average Bonchev–Trinajstić information content (AvgIpc) is 3.45. The van der Waals surface area contributed by atoms with Gasteiger partial charge in [0.25, 0.3) is 5.91 Å². The van der Waals surface area contributed by atoms with E-state index in [0.717, 1.165) is 64.2 Å². The Morgan fingerprint density at radius 2 is 1.67 bits per heavy atom. The van der Waals surface area contributed by atoms with Crippen molar-refractivity contribution in [2.75, 3.05) is 26.2 Å². The van der Waals surface area contributed by atoms with Gasteiger partial charge in [0.2, 0.25) is 5.91 Å². The van der Waals surface area contributed by atoms with Gasteiger partial charge in [-0.3, -0.25) is 14.5 Å². The van der Waals surface area contributed by atoms with E-state index in [1.165, 1.54) is 25.7 Å². The Kier molecular flexibility index (Phi) is 5.81. The van der Waals surface area contributed by atoms with Crippen LogP contribution in [0.2, 0.25) is 0 Å². The van der Waals surface area contributed by atoms with Crippen molar-refractivity contribution in [3.8, 4) is 0 Å². The maximum atomic E-state index is 12.5. The van der Waals surface area contributed by atoms with Crippen LogP contribution in [-0.4, -0.2) is 53.8 Å². The molecule has 3 aliphatic rings. The van der Waals surface area contributed by atoms with Gasteiger partial charge in [0, 0.05) is 25.0 Å². The largest absolute Gasteiger partial charge is 0.455 e. The molecule has 0 bridgehead atoms. The number of furan rings is 1. The Labute approximate surface area is 161 Å². The predicted molar refractivity (Wildman–Crippen MR) is 102 cm³/mol. The van der Waals surface area contributed by atoms with Crippen LogP contribution in [0.4, 0.5) is 0 Å². The van der Waals surface area contributed by atoms with Crippen LogP contribution in [0.25, 0.3) is 0 Å². The minimum Gasteiger partial charge on any atom is -0.455 e. The molecule has 2 amide bonds. The second-order valence-electron chi connectivity index (χ2n) is 8.30. The summed E-state index contributed by atoms with van der Waals surface area (Å²) in [6.45, 7) is 4.51. The summed E-state index contributed by atoms with van der Waals surface area (Å²) < 4.78 is 5.76. The van der Waals surface area contributed by atoms with Crippen LogP contribution in [0.5, 0.6) is 0 Å². The molecule has 1 N–H and O–H groups in total. The first-order chi connectivity index (χ1) is 13.2. The van der Waals surface area contributed by atoms with E-state index in [9.17, 15) is 9.59 Å². The summed E-state index contributed by atoms with van der Waals surface area (Å²) in [5, 5.41) is 3.09. The normalized spacial score (nSPS) is 22.4. The topological polar surface area (TPSA) is 65.8 Å². The first-order valence-electron chi connectivity index (χ1n) is 10.6. The fourth-order valence-electron chi connectivity index (χ4n) is 4.68. The van der Waals surface area contributed by atoms with Gasteiger partial charge in [-0.05, 0) is 63.7 Å². The first kappa shape index (κ1) is 18.5. The van der Waals surface area contributed by atoms with E-state index < -0.39 is 0 Å². The molecule has 6 heteroatoms. The molecule has 0 radical (unpaired) electrons. The van der Waals surface area contributed by atoms with Crippen LogP contribution in [0.1, 0.15) is 67.7 Å². The standard InChI is InChI=1S/C21H31N3O3/c25-20(19-8-7-18(27-19)15-23-11-3-4-12-23)22-17-9-13-24(14-10-17)21(26)16-5-1-2-6-16/h7-8,16-17H,1-6,9-15H2,(H,22,25). The SMILES string of the molecule is O=C(NC1CCN(C(=O)C2CCCC2)CC1)c1ccc(CN2CCCC2)o1. The molecule has 4 rings (SSSR count). The summed E-state index contributed by atoms with van der Waals surface area (Å²) >= 11 is 0. The lowest BCUT2D eigenvalue weighted by Gasteiger charge is -2.33. The molecule has 1 aromatic heterocycles. The molecule has 0 aromatic carbocycles. The Bertz CT molecular complexity index is 651. The molecule has 2 aliphatic heterocycles. The number of carbonyl (C=O) groups excluding carboxylic acids is 2. The van der Waals surface area contributed by atoms with Crippen molar-refractivity contribution in [2.45, 2.75) is 64.0 Å². The monoisotopic (exact) mass is 373 g/mol. The summed E-state index contributed by atoms with van der Waals surface area (Å²) in [4.78, 5) is 29.4. The van der Waals surface area contributed by atoms with Crippen LogP contribution >= 0.6 is 0 Å². The third-order valence-corrected chi connectivity index (χ3v) is 6.31. The van der Waals surface area contributed by atoms with E-state index in [1.807, 2.05) is 11.0 Å². The van der Waals surface area contributed by atoms with Gasteiger partial charge < -0.3 is 14.6 Å². The number of piperidine rings is 1. The molecule has 1 saturated carbocycles.